The largest absolute Gasteiger partial charge is 0.342 e. The van der Waals surface area contributed by atoms with E-state index in [0.29, 0.717) is 11.8 Å². The topological polar surface area (TPSA) is 49.0 Å². The molecular formula is C17H19N3OS. The highest BCUT2D eigenvalue weighted by molar-refractivity contribution is 8.01. The first-order chi connectivity index (χ1) is 10.8. The predicted octanol–water partition coefficient (Wildman–Crippen LogP) is 2.83. The number of aromatic amines is 1. The number of aromatic nitrogens is 2. The fraction of sp³-hybridized carbons (Fsp3) is 0.412. The van der Waals surface area contributed by atoms with Gasteiger partial charge in [-0.25, -0.2) is 0 Å². The number of thioether (sulfide) groups is 1. The first-order valence-corrected chi connectivity index (χ1v) is 8.72. The van der Waals surface area contributed by atoms with Crippen LogP contribution in [0.5, 0.6) is 0 Å². The summed E-state index contributed by atoms with van der Waals surface area (Å²) in [5, 5.41) is 7.16. The Bertz CT molecular complexity index is 637. The van der Waals surface area contributed by atoms with Gasteiger partial charge in [0.05, 0.1) is 5.25 Å². The van der Waals surface area contributed by atoms with E-state index in [1.54, 1.807) is 18.0 Å². The third-order valence-corrected chi connectivity index (χ3v) is 6.00. The maximum Gasteiger partial charge on any atom is 0.236 e. The maximum absolute atomic E-state index is 12.7. The molecule has 2 aliphatic rings. The first-order valence-electron chi connectivity index (χ1n) is 7.84. The minimum atomic E-state index is 0.0705. The first kappa shape index (κ1) is 13.9. The van der Waals surface area contributed by atoms with Gasteiger partial charge < -0.3 is 4.90 Å². The Kier molecular flexibility index (Phi) is 3.66. The van der Waals surface area contributed by atoms with Crippen LogP contribution >= 0.6 is 11.8 Å². The van der Waals surface area contributed by atoms with Crippen LogP contribution in [0.1, 0.15) is 30.0 Å². The average molecular weight is 313 g/mol. The molecule has 1 amide bonds. The van der Waals surface area contributed by atoms with Gasteiger partial charge in [-0.05, 0) is 37.0 Å². The number of benzene rings is 1. The van der Waals surface area contributed by atoms with Crippen molar-refractivity contribution in [1.82, 2.24) is 15.1 Å². The second-order valence-corrected chi connectivity index (χ2v) is 7.27. The highest BCUT2D eigenvalue weighted by Crippen LogP contribution is 2.38. The smallest absolute Gasteiger partial charge is 0.236 e. The lowest BCUT2D eigenvalue weighted by Crippen LogP contribution is -2.42. The number of rotatable bonds is 2. The van der Waals surface area contributed by atoms with Gasteiger partial charge in [0.15, 0.2) is 0 Å². The molecule has 114 valence electrons. The van der Waals surface area contributed by atoms with Crippen LogP contribution in [-0.4, -0.2) is 39.3 Å². The van der Waals surface area contributed by atoms with Crippen molar-refractivity contribution < 1.29 is 4.79 Å². The van der Waals surface area contributed by atoms with E-state index < -0.39 is 0 Å². The van der Waals surface area contributed by atoms with E-state index >= 15 is 0 Å². The summed E-state index contributed by atoms with van der Waals surface area (Å²) >= 11 is 1.73. The molecule has 2 aromatic rings. The Morgan fingerprint density at radius 3 is 2.77 bits per heavy atom. The number of nitrogens with zero attached hydrogens (tertiary/aromatic N) is 2. The summed E-state index contributed by atoms with van der Waals surface area (Å²) in [5.41, 5.74) is 2.52. The number of carbonyl (C=O) groups excluding carboxylic acids is 1. The molecule has 0 bridgehead atoms. The second-order valence-electron chi connectivity index (χ2n) is 6.03. The van der Waals surface area contributed by atoms with Gasteiger partial charge in [0.25, 0.3) is 0 Å². The van der Waals surface area contributed by atoms with Crippen molar-refractivity contribution in [2.75, 3.05) is 13.1 Å². The summed E-state index contributed by atoms with van der Waals surface area (Å²) in [5.74, 6) is 0.823. The molecule has 5 heteroatoms. The molecule has 4 nitrogen and oxygen atoms in total. The molecular weight excluding hydrogens is 294 g/mol. The van der Waals surface area contributed by atoms with E-state index in [4.69, 9.17) is 0 Å². The molecule has 1 saturated heterocycles. The second kappa shape index (κ2) is 5.80. The number of amides is 1. The fourth-order valence-electron chi connectivity index (χ4n) is 3.43. The Balaban J connectivity index is 1.37. The molecule has 22 heavy (non-hydrogen) atoms. The van der Waals surface area contributed by atoms with Gasteiger partial charge in [-0.3, -0.25) is 9.89 Å². The number of hydrogen-bond donors (Lipinski definition) is 1. The van der Waals surface area contributed by atoms with Crippen LogP contribution in [0.3, 0.4) is 0 Å². The molecule has 0 unspecified atom stereocenters. The van der Waals surface area contributed by atoms with Crippen LogP contribution in [0, 0.1) is 0 Å². The van der Waals surface area contributed by atoms with E-state index in [1.807, 2.05) is 6.07 Å². The summed E-state index contributed by atoms with van der Waals surface area (Å²) in [7, 11) is 0. The van der Waals surface area contributed by atoms with Crippen LogP contribution < -0.4 is 0 Å². The fourth-order valence-corrected chi connectivity index (χ4v) is 4.71. The molecule has 2 aliphatic heterocycles. The number of H-pyrrole nitrogens is 1. The van der Waals surface area contributed by atoms with Gasteiger partial charge >= 0.3 is 0 Å². The van der Waals surface area contributed by atoms with Gasteiger partial charge in [-0.15, -0.1) is 11.8 Å². The lowest BCUT2D eigenvalue weighted by Gasteiger charge is -2.33. The number of hydrogen-bond acceptors (Lipinski definition) is 3. The van der Waals surface area contributed by atoms with E-state index in [-0.39, 0.29) is 5.25 Å². The van der Waals surface area contributed by atoms with Crippen LogP contribution in [0.15, 0.2) is 41.4 Å². The molecule has 0 aliphatic carbocycles. The standard InChI is InChI=1S/C17H19N3OS/c21-17(16-11-13-3-1-2-4-15(13)22-16)20-9-6-12(7-10-20)14-5-8-18-19-14/h1-5,8,12,16H,6-7,9-11H2,(H,18,19)/t16-/m1/s1. The third-order valence-electron chi connectivity index (χ3n) is 4.69. The van der Waals surface area contributed by atoms with E-state index in [9.17, 15) is 4.79 Å². The van der Waals surface area contributed by atoms with E-state index in [0.717, 1.165) is 32.4 Å². The summed E-state index contributed by atoms with van der Waals surface area (Å²) in [6, 6.07) is 10.4. The molecule has 4 rings (SSSR count). The zero-order valence-electron chi connectivity index (χ0n) is 12.4. The van der Waals surface area contributed by atoms with Crippen molar-refractivity contribution in [3.8, 4) is 0 Å². The maximum atomic E-state index is 12.7. The van der Waals surface area contributed by atoms with E-state index in [1.165, 1.54) is 16.2 Å². The van der Waals surface area contributed by atoms with Crippen molar-refractivity contribution in [3.05, 3.63) is 47.8 Å². The highest BCUT2D eigenvalue weighted by Gasteiger charge is 2.33. The minimum absolute atomic E-state index is 0.0705. The average Bonchev–Trinajstić information content (AvgIpc) is 3.23. The summed E-state index contributed by atoms with van der Waals surface area (Å²) < 4.78 is 0. The molecule has 3 heterocycles. The number of carbonyl (C=O) groups is 1. The third kappa shape index (κ3) is 2.54. The van der Waals surface area contributed by atoms with Gasteiger partial charge in [0, 0.05) is 35.8 Å². The molecule has 1 fully saturated rings. The normalized spacial score (nSPS) is 21.8. The molecule has 0 saturated carbocycles. The summed E-state index contributed by atoms with van der Waals surface area (Å²) in [4.78, 5) is 16.1. The summed E-state index contributed by atoms with van der Waals surface area (Å²) in [6.07, 6.45) is 4.73. The predicted molar refractivity (Wildman–Crippen MR) is 86.9 cm³/mol. The van der Waals surface area contributed by atoms with Crippen LogP contribution in [-0.2, 0) is 11.2 Å². The number of likely N-dealkylation sites (tertiary alicyclic amines) is 1. The molecule has 0 spiro atoms. The van der Waals surface area contributed by atoms with Crippen molar-refractivity contribution >= 4 is 17.7 Å². The van der Waals surface area contributed by atoms with Gasteiger partial charge in [-0.2, -0.15) is 5.10 Å². The Morgan fingerprint density at radius 2 is 2.05 bits per heavy atom. The molecule has 1 aromatic carbocycles. The van der Waals surface area contributed by atoms with Crippen molar-refractivity contribution in [2.45, 2.75) is 35.3 Å². The SMILES string of the molecule is O=C([C@H]1Cc2ccccc2S1)N1CCC(c2ccn[nH]2)CC1. The molecule has 0 radical (unpaired) electrons. The zero-order valence-corrected chi connectivity index (χ0v) is 13.2. The van der Waals surface area contributed by atoms with Gasteiger partial charge in [0.2, 0.25) is 5.91 Å². The van der Waals surface area contributed by atoms with Crippen molar-refractivity contribution in [1.29, 1.82) is 0 Å². The van der Waals surface area contributed by atoms with Crippen LogP contribution in [0.2, 0.25) is 0 Å². The number of nitrogens with one attached hydrogen (secondary N) is 1. The van der Waals surface area contributed by atoms with E-state index in [2.05, 4.69) is 39.4 Å². The zero-order chi connectivity index (χ0) is 14.9. The Labute approximate surface area is 134 Å². The molecule has 1 N–H and O–H groups in total. The lowest BCUT2D eigenvalue weighted by molar-refractivity contribution is -0.131. The van der Waals surface area contributed by atoms with Gasteiger partial charge in [0.1, 0.15) is 0 Å². The van der Waals surface area contributed by atoms with Gasteiger partial charge in [-0.1, -0.05) is 18.2 Å². The van der Waals surface area contributed by atoms with Crippen molar-refractivity contribution in [3.63, 3.8) is 0 Å². The molecule has 1 aromatic heterocycles. The van der Waals surface area contributed by atoms with Crippen molar-refractivity contribution in [2.24, 2.45) is 0 Å². The Morgan fingerprint density at radius 1 is 1.23 bits per heavy atom. The minimum Gasteiger partial charge on any atom is -0.342 e. The number of fused-ring (bicyclic) bond motifs is 1. The monoisotopic (exact) mass is 313 g/mol. The summed E-state index contributed by atoms with van der Waals surface area (Å²) in [6.45, 7) is 1.71. The number of piperidine rings is 1. The van der Waals surface area contributed by atoms with Crippen LogP contribution in [0.25, 0.3) is 0 Å². The lowest BCUT2D eigenvalue weighted by atomic mass is 9.93. The molecule has 1 atom stereocenters. The Hall–Kier alpha value is -1.75. The quantitative estimate of drug-likeness (QED) is 0.927. The highest BCUT2D eigenvalue weighted by atomic mass is 32.2. The van der Waals surface area contributed by atoms with Crippen LogP contribution in [0.4, 0.5) is 0 Å².